The van der Waals surface area contributed by atoms with Crippen LogP contribution in [0.3, 0.4) is 0 Å². The van der Waals surface area contributed by atoms with Crippen LogP contribution in [-0.2, 0) is 20.9 Å². The first kappa shape index (κ1) is 22.0. The van der Waals surface area contributed by atoms with Crippen LogP contribution in [0.15, 0.2) is 47.4 Å². The van der Waals surface area contributed by atoms with E-state index in [-0.39, 0.29) is 17.5 Å². The van der Waals surface area contributed by atoms with Gasteiger partial charge in [0.1, 0.15) is 0 Å². The van der Waals surface area contributed by atoms with Gasteiger partial charge in [0.15, 0.2) is 18.5 Å². The van der Waals surface area contributed by atoms with E-state index in [1.54, 1.807) is 26.1 Å². The summed E-state index contributed by atoms with van der Waals surface area (Å²) in [7, 11) is 0. The second kappa shape index (κ2) is 9.77. The Morgan fingerprint density at radius 2 is 1.83 bits per heavy atom. The van der Waals surface area contributed by atoms with E-state index in [9.17, 15) is 23.6 Å². The Hall–Kier alpha value is -3.29. The molecule has 1 amide bonds. The van der Waals surface area contributed by atoms with Gasteiger partial charge >= 0.3 is 5.97 Å². The number of carboxylic acid groups (broad SMARTS) is 1. The molecule has 0 fully saturated rings. The standard InChI is InChI=1S/C21H23FN2O5/c1-3-15(19(26)23-18(21(28)29)16(25)11-22)17-13(2)9-10-24(20(17)27)12-14-7-5-4-6-8-14/h4-10,15,18H,3,11-12H2,1-2H3,(H,23,26)(H,28,29). The summed E-state index contributed by atoms with van der Waals surface area (Å²) in [5.74, 6) is -4.69. The van der Waals surface area contributed by atoms with Crippen LogP contribution in [0.2, 0.25) is 0 Å². The number of nitrogens with one attached hydrogen (secondary N) is 1. The van der Waals surface area contributed by atoms with Gasteiger partial charge in [0.25, 0.3) is 5.56 Å². The molecule has 0 aliphatic rings. The molecule has 0 bridgehead atoms. The van der Waals surface area contributed by atoms with E-state index in [0.717, 1.165) is 5.56 Å². The highest BCUT2D eigenvalue weighted by Gasteiger charge is 2.32. The number of halogens is 1. The molecule has 8 heteroatoms. The Kier molecular flexibility index (Phi) is 7.41. The molecule has 0 saturated carbocycles. The average molecular weight is 402 g/mol. The van der Waals surface area contributed by atoms with Crippen molar-refractivity contribution in [3.05, 3.63) is 69.6 Å². The van der Waals surface area contributed by atoms with Crippen molar-refractivity contribution in [2.24, 2.45) is 0 Å². The lowest BCUT2D eigenvalue weighted by molar-refractivity contribution is -0.146. The Morgan fingerprint density at radius 3 is 2.38 bits per heavy atom. The molecular weight excluding hydrogens is 379 g/mol. The molecule has 2 atom stereocenters. The summed E-state index contributed by atoms with van der Waals surface area (Å²) in [6.07, 6.45) is 1.83. The summed E-state index contributed by atoms with van der Waals surface area (Å²) < 4.78 is 14.1. The number of Topliss-reactive ketones (excluding diaryl/α,β-unsaturated/α-hetero) is 1. The number of nitrogens with zero attached hydrogens (tertiary/aromatic N) is 1. The number of carboxylic acids is 1. The number of hydrogen-bond acceptors (Lipinski definition) is 4. The summed E-state index contributed by atoms with van der Waals surface area (Å²) in [6, 6.07) is 9.03. The topological polar surface area (TPSA) is 105 Å². The smallest absolute Gasteiger partial charge is 0.334 e. The van der Waals surface area contributed by atoms with Gasteiger partial charge in [-0.05, 0) is 30.5 Å². The molecule has 7 nitrogen and oxygen atoms in total. The zero-order valence-corrected chi connectivity index (χ0v) is 16.2. The van der Waals surface area contributed by atoms with E-state index in [4.69, 9.17) is 5.11 Å². The number of benzene rings is 1. The molecular formula is C21H23FN2O5. The average Bonchev–Trinajstić information content (AvgIpc) is 2.71. The lowest BCUT2D eigenvalue weighted by atomic mass is 9.92. The maximum Gasteiger partial charge on any atom is 0.334 e. The lowest BCUT2D eigenvalue weighted by Gasteiger charge is -2.20. The van der Waals surface area contributed by atoms with E-state index < -0.39 is 36.3 Å². The zero-order valence-electron chi connectivity index (χ0n) is 16.2. The summed E-state index contributed by atoms with van der Waals surface area (Å²) in [6.45, 7) is 2.15. The number of alkyl halides is 1. The minimum absolute atomic E-state index is 0.202. The maximum atomic E-state index is 13.0. The van der Waals surface area contributed by atoms with Crippen molar-refractivity contribution in [2.45, 2.75) is 38.8 Å². The summed E-state index contributed by atoms with van der Waals surface area (Å²) in [5.41, 5.74) is 1.33. The fourth-order valence-corrected chi connectivity index (χ4v) is 3.13. The van der Waals surface area contributed by atoms with Crippen molar-refractivity contribution in [3.63, 3.8) is 0 Å². The first-order valence-corrected chi connectivity index (χ1v) is 9.15. The van der Waals surface area contributed by atoms with E-state index in [1.165, 1.54) is 4.57 Å². The molecule has 0 aliphatic heterocycles. The van der Waals surface area contributed by atoms with Crippen molar-refractivity contribution in [1.29, 1.82) is 0 Å². The molecule has 1 heterocycles. The van der Waals surface area contributed by atoms with Crippen LogP contribution < -0.4 is 10.9 Å². The third-order valence-electron chi connectivity index (χ3n) is 4.68. The lowest BCUT2D eigenvalue weighted by Crippen LogP contribution is -2.49. The number of aromatic nitrogens is 1. The predicted octanol–water partition coefficient (Wildman–Crippen LogP) is 1.81. The molecule has 0 spiro atoms. The van der Waals surface area contributed by atoms with Gasteiger partial charge < -0.3 is 15.0 Å². The highest BCUT2D eigenvalue weighted by atomic mass is 19.1. The molecule has 154 valence electrons. The van der Waals surface area contributed by atoms with Crippen LogP contribution >= 0.6 is 0 Å². The number of carbonyl (C=O) groups excluding carboxylic acids is 2. The molecule has 2 rings (SSSR count). The minimum Gasteiger partial charge on any atom is -0.479 e. The minimum atomic E-state index is -1.99. The Bertz CT molecular complexity index is 955. The number of hydrogen-bond donors (Lipinski definition) is 2. The van der Waals surface area contributed by atoms with Gasteiger partial charge in [-0.3, -0.25) is 14.4 Å². The van der Waals surface area contributed by atoms with Crippen molar-refractivity contribution in [2.75, 3.05) is 6.67 Å². The zero-order chi connectivity index (χ0) is 21.6. The molecule has 2 unspecified atom stereocenters. The molecule has 0 aliphatic carbocycles. The molecule has 1 aromatic carbocycles. The first-order chi connectivity index (χ1) is 13.8. The highest BCUT2D eigenvalue weighted by Crippen LogP contribution is 2.20. The number of pyridine rings is 1. The summed E-state index contributed by atoms with van der Waals surface area (Å²) in [5, 5.41) is 11.2. The molecule has 29 heavy (non-hydrogen) atoms. The number of ketones is 1. The predicted molar refractivity (Wildman–Crippen MR) is 105 cm³/mol. The number of carbonyl (C=O) groups is 3. The van der Waals surface area contributed by atoms with E-state index in [1.807, 2.05) is 30.3 Å². The normalized spacial score (nSPS) is 12.8. The number of amides is 1. The monoisotopic (exact) mass is 402 g/mol. The van der Waals surface area contributed by atoms with E-state index in [0.29, 0.717) is 12.1 Å². The Labute approximate surface area is 167 Å². The second-order valence-electron chi connectivity index (χ2n) is 6.67. The molecule has 0 radical (unpaired) electrons. The van der Waals surface area contributed by atoms with Crippen LogP contribution in [0.25, 0.3) is 0 Å². The largest absolute Gasteiger partial charge is 0.479 e. The number of aliphatic carboxylic acids is 1. The summed E-state index contributed by atoms with van der Waals surface area (Å²) in [4.78, 5) is 48.4. The second-order valence-corrected chi connectivity index (χ2v) is 6.67. The molecule has 2 N–H and O–H groups in total. The number of aryl methyl sites for hydroxylation is 1. The van der Waals surface area contributed by atoms with Crippen molar-refractivity contribution < 1.29 is 23.9 Å². The van der Waals surface area contributed by atoms with Crippen LogP contribution in [-0.4, -0.2) is 40.0 Å². The molecule has 2 aromatic rings. The quantitative estimate of drug-likeness (QED) is 0.623. The van der Waals surface area contributed by atoms with Crippen molar-refractivity contribution >= 4 is 17.7 Å². The Balaban J connectivity index is 2.38. The molecule has 0 saturated heterocycles. The third-order valence-corrected chi connectivity index (χ3v) is 4.68. The van der Waals surface area contributed by atoms with E-state index >= 15 is 0 Å². The van der Waals surface area contributed by atoms with Gasteiger partial charge in [-0.25, -0.2) is 9.18 Å². The summed E-state index contributed by atoms with van der Waals surface area (Å²) >= 11 is 0. The SMILES string of the molecule is CCC(C(=O)NC(C(=O)O)C(=O)CF)c1c(C)ccn(Cc2ccccc2)c1=O. The maximum absolute atomic E-state index is 13.0. The highest BCUT2D eigenvalue weighted by molar-refractivity contribution is 6.06. The fraction of sp³-hybridized carbons (Fsp3) is 0.333. The van der Waals surface area contributed by atoms with Gasteiger partial charge in [-0.2, -0.15) is 0 Å². The third kappa shape index (κ3) is 5.16. The van der Waals surface area contributed by atoms with Gasteiger partial charge in [0.2, 0.25) is 5.91 Å². The molecule has 1 aromatic heterocycles. The van der Waals surface area contributed by atoms with Crippen LogP contribution in [0.1, 0.15) is 36.0 Å². The van der Waals surface area contributed by atoms with Crippen LogP contribution in [0.4, 0.5) is 4.39 Å². The van der Waals surface area contributed by atoms with Gasteiger partial charge in [0.05, 0.1) is 12.5 Å². The van der Waals surface area contributed by atoms with E-state index in [2.05, 4.69) is 5.32 Å². The van der Waals surface area contributed by atoms with Crippen molar-refractivity contribution in [1.82, 2.24) is 9.88 Å². The number of rotatable bonds is 9. The Morgan fingerprint density at radius 1 is 1.17 bits per heavy atom. The fourth-order valence-electron chi connectivity index (χ4n) is 3.13. The van der Waals surface area contributed by atoms with Gasteiger partial charge in [-0.15, -0.1) is 0 Å². The first-order valence-electron chi connectivity index (χ1n) is 9.15. The van der Waals surface area contributed by atoms with Crippen molar-refractivity contribution in [3.8, 4) is 0 Å². The van der Waals surface area contributed by atoms with Crippen LogP contribution in [0, 0.1) is 6.92 Å². The van der Waals surface area contributed by atoms with Crippen LogP contribution in [0.5, 0.6) is 0 Å². The van der Waals surface area contributed by atoms with Gasteiger partial charge in [0, 0.05) is 11.8 Å². The van der Waals surface area contributed by atoms with Gasteiger partial charge in [-0.1, -0.05) is 37.3 Å².